The van der Waals surface area contributed by atoms with Crippen LogP contribution >= 0.6 is 0 Å². The molecule has 2 unspecified atom stereocenters. The first-order valence-electron chi connectivity index (χ1n) is 22.0. The van der Waals surface area contributed by atoms with E-state index in [1.54, 1.807) is 25.1 Å². The number of nitrogens with zero attached hydrogens (tertiary/aromatic N) is 4. The van der Waals surface area contributed by atoms with E-state index in [1.807, 2.05) is 40.2 Å². The number of aliphatic hydroxyl groups excluding tert-OH is 1. The molecule has 13 nitrogen and oxygen atoms in total. The fourth-order valence-electron chi connectivity index (χ4n) is 7.70. The van der Waals surface area contributed by atoms with E-state index in [2.05, 4.69) is 30.1 Å². The van der Waals surface area contributed by atoms with E-state index in [-0.39, 0.29) is 83.4 Å². The van der Waals surface area contributed by atoms with Gasteiger partial charge in [0.2, 0.25) is 0 Å². The topological polar surface area (TPSA) is 155 Å². The number of hydrogen-bond donors (Lipinski definition) is 3. The van der Waals surface area contributed by atoms with E-state index in [4.69, 9.17) is 4.74 Å². The van der Waals surface area contributed by atoms with Crippen LogP contribution in [0.4, 0.5) is 26.3 Å². The maximum atomic E-state index is 12.8. The molecule has 2 aromatic carbocycles. The molecular formula is C48H51BF6LiN6O7. The summed E-state index contributed by atoms with van der Waals surface area (Å²) in [5, 5.41) is 15.8. The Kier molecular flexibility index (Phi) is 19.1. The van der Waals surface area contributed by atoms with Crippen LogP contribution in [-0.2, 0) is 9.53 Å². The largest absolute Gasteiger partial charge is 1.00 e. The monoisotopic (exact) mass is 955 g/mol. The average Bonchev–Trinajstić information content (AvgIpc) is 4.26. The number of benzene rings is 2. The van der Waals surface area contributed by atoms with E-state index < -0.39 is 24.7 Å². The number of carbonyl (C=O) groups excluding carboxylic acids is 3. The molecule has 0 bridgehead atoms. The molecule has 2 fully saturated rings. The van der Waals surface area contributed by atoms with Crippen molar-refractivity contribution in [2.24, 2.45) is 0 Å². The maximum absolute atomic E-state index is 12.8. The molecule has 4 aromatic rings. The van der Waals surface area contributed by atoms with Crippen molar-refractivity contribution in [1.82, 2.24) is 30.4 Å². The maximum Gasteiger partial charge on any atom is 1.00 e. The number of halogens is 6. The van der Waals surface area contributed by atoms with Gasteiger partial charge in [-0.05, 0) is 116 Å². The van der Waals surface area contributed by atoms with Gasteiger partial charge in [0, 0.05) is 46.7 Å². The van der Waals surface area contributed by atoms with Crippen molar-refractivity contribution in [2.45, 2.75) is 82.3 Å². The molecule has 0 saturated heterocycles. The normalized spacial score (nSPS) is 17.2. The van der Waals surface area contributed by atoms with Crippen molar-refractivity contribution < 1.29 is 80.3 Å². The zero-order chi connectivity index (χ0) is 47.7. The van der Waals surface area contributed by atoms with Crippen LogP contribution in [0.3, 0.4) is 0 Å². The third-order valence-corrected chi connectivity index (χ3v) is 11.3. The van der Waals surface area contributed by atoms with E-state index in [0.29, 0.717) is 67.2 Å². The summed E-state index contributed by atoms with van der Waals surface area (Å²) in [7, 11) is 0. The minimum absolute atomic E-state index is 0. The molecule has 69 heavy (non-hydrogen) atoms. The first kappa shape index (κ1) is 54.3. The summed E-state index contributed by atoms with van der Waals surface area (Å²) in [6.45, 7) is 3.79. The quantitative estimate of drug-likeness (QED) is 0.0864. The van der Waals surface area contributed by atoms with Gasteiger partial charge in [0.15, 0.2) is 0 Å². The number of hydrogen-bond acceptors (Lipinski definition) is 11. The molecular weight excluding hydrogens is 904 g/mol. The van der Waals surface area contributed by atoms with Crippen LogP contribution in [0, 0.1) is 0 Å². The van der Waals surface area contributed by atoms with E-state index in [0.717, 1.165) is 42.5 Å². The molecule has 4 heterocycles. The summed E-state index contributed by atoms with van der Waals surface area (Å²) in [5.74, 6) is -1.49. The van der Waals surface area contributed by atoms with Crippen molar-refractivity contribution in [1.29, 1.82) is 0 Å². The van der Waals surface area contributed by atoms with Crippen LogP contribution in [0.25, 0.3) is 11.1 Å². The SMILES string of the molecule is CCOC(=O)C(c1ccc(OC(F)(F)F)cc1)N1CC=C(c2cccc(C(=O)NC3CC3)n2)CC1.O=C(NC1CC1)c1cccc(C2=CCN(C(CO)c3ccc(OC(F)(F)F)cc3)CC2)n1.[B].[H-].[Li+]. The molecule has 3 N–H and O–H groups in total. The standard InChI is InChI=1S/C25H26F3N3O4.C23H24F3N3O3.B.Li.H/c1-2-34-24(33)22(17-6-10-19(11-7-17)35-25(26,27)28)31-14-12-16(13-15-31)20-4-3-5-21(30-20)23(32)29-18-8-9-18;24-23(25,26)32-18-8-4-16(5-9-18)21(14-30)29-12-10-15(11-13-29)19-2-1-3-20(28-19)22(31)27-17-6-7-17;;;/h3-7,10-12,18,22H,2,8-9,13-15H2,1H3,(H,29,32);1-5,8-10,17,21,30H,6-7,11-14H2,(H,27,31);;;/q;;;+1;-1. The first-order chi connectivity index (χ1) is 32.1. The molecule has 3 radical (unpaired) electrons. The van der Waals surface area contributed by atoms with Crippen LogP contribution in [0.2, 0.25) is 0 Å². The van der Waals surface area contributed by atoms with Gasteiger partial charge in [-0.25, -0.2) is 14.8 Å². The van der Waals surface area contributed by atoms with Crippen molar-refractivity contribution in [3.05, 3.63) is 131 Å². The third-order valence-electron chi connectivity index (χ3n) is 11.3. The fraction of sp³-hybridized carbons (Fsp3) is 0.396. The molecule has 2 aliphatic heterocycles. The molecule has 0 spiro atoms. The molecule has 2 aromatic heterocycles. The number of carbonyl (C=O) groups is 3. The molecule has 21 heteroatoms. The number of nitrogens with one attached hydrogen (secondary N) is 2. The molecule has 2 aliphatic carbocycles. The van der Waals surface area contributed by atoms with Crippen LogP contribution in [0.15, 0.2) is 97.1 Å². The minimum Gasteiger partial charge on any atom is -1.00 e. The van der Waals surface area contributed by atoms with Gasteiger partial charge < -0.3 is 31.4 Å². The number of rotatable bonds is 15. The summed E-state index contributed by atoms with van der Waals surface area (Å²) < 4.78 is 87.6. The van der Waals surface area contributed by atoms with Crippen LogP contribution in [0.5, 0.6) is 11.5 Å². The van der Waals surface area contributed by atoms with Crippen LogP contribution < -0.4 is 39.0 Å². The number of aliphatic hydroxyl groups is 1. The van der Waals surface area contributed by atoms with Crippen molar-refractivity contribution in [3.8, 4) is 11.5 Å². The second-order valence-corrected chi connectivity index (χ2v) is 16.3. The Morgan fingerprint density at radius 2 is 1.13 bits per heavy atom. The number of alkyl halides is 6. The Balaban J connectivity index is 0.000000293. The molecule has 2 amide bonds. The number of ether oxygens (including phenoxy) is 3. The van der Waals surface area contributed by atoms with E-state index >= 15 is 0 Å². The van der Waals surface area contributed by atoms with Crippen molar-refractivity contribution in [2.75, 3.05) is 39.4 Å². The van der Waals surface area contributed by atoms with Gasteiger partial charge in [0.25, 0.3) is 11.8 Å². The number of esters is 1. The van der Waals surface area contributed by atoms with Gasteiger partial charge in [0.1, 0.15) is 28.9 Å². The van der Waals surface area contributed by atoms with Crippen LogP contribution in [0.1, 0.15) is 102 Å². The zero-order valence-corrected chi connectivity index (χ0v) is 38.1. The smallest absolute Gasteiger partial charge is 1.00 e. The predicted octanol–water partition coefficient (Wildman–Crippen LogP) is 4.70. The van der Waals surface area contributed by atoms with E-state index in [1.165, 1.54) is 48.5 Å². The Bertz CT molecular complexity index is 2440. The number of aromatic nitrogens is 2. The Morgan fingerprint density at radius 3 is 1.51 bits per heavy atom. The molecule has 2 saturated carbocycles. The Hall–Kier alpha value is -5.65. The van der Waals surface area contributed by atoms with Gasteiger partial charge in [-0.15, -0.1) is 26.3 Å². The Labute approximate surface area is 410 Å². The van der Waals surface area contributed by atoms with Gasteiger partial charge in [-0.2, -0.15) is 0 Å². The summed E-state index contributed by atoms with van der Waals surface area (Å²) >= 11 is 0. The molecule has 4 aliphatic rings. The second kappa shape index (κ2) is 24.3. The summed E-state index contributed by atoms with van der Waals surface area (Å²) in [5.41, 5.74) is 5.40. The van der Waals surface area contributed by atoms with E-state index in [9.17, 15) is 45.8 Å². The fourth-order valence-corrected chi connectivity index (χ4v) is 7.70. The van der Waals surface area contributed by atoms with Crippen molar-refractivity contribution >= 4 is 37.3 Å². The summed E-state index contributed by atoms with van der Waals surface area (Å²) in [6, 6.07) is 20.9. The van der Waals surface area contributed by atoms with Gasteiger partial charge >= 0.3 is 37.6 Å². The third kappa shape index (κ3) is 15.9. The minimum atomic E-state index is -4.79. The van der Waals surface area contributed by atoms with Gasteiger partial charge in [-0.3, -0.25) is 19.4 Å². The van der Waals surface area contributed by atoms with Crippen LogP contribution in [-0.4, -0.2) is 115 Å². The summed E-state index contributed by atoms with van der Waals surface area (Å²) in [6.07, 6.45) is -0.320. The molecule has 2 atom stereocenters. The Morgan fingerprint density at radius 1 is 0.696 bits per heavy atom. The first-order valence-corrected chi connectivity index (χ1v) is 22.0. The number of pyridine rings is 2. The molecule has 8 rings (SSSR count). The average molecular weight is 956 g/mol. The predicted molar refractivity (Wildman–Crippen MR) is 240 cm³/mol. The molecule has 361 valence electrons. The van der Waals surface area contributed by atoms with Gasteiger partial charge in [0.05, 0.1) is 30.6 Å². The summed E-state index contributed by atoms with van der Waals surface area (Å²) in [4.78, 5) is 50.3. The number of amides is 2. The van der Waals surface area contributed by atoms with Crippen molar-refractivity contribution in [3.63, 3.8) is 0 Å². The second-order valence-electron chi connectivity index (χ2n) is 16.3. The van der Waals surface area contributed by atoms with Gasteiger partial charge in [-0.1, -0.05) is 48.6 Å². The zero-order valence-electron chi connectivity index (χ0n) is 39.1.